The normalized spacial score (nSPS) is 13.0. The molecule has 1 atom stereocenters. The molecule has 0 spiro atoms. The third-order valence-electron chi connectivity index (χ3n) is 2.43. The fraction of sp³-hybridized carbons (Fsp3) is 0.600. The third-order valence-corrected chi connectivity index (χ3v) is 3.09. The maximum absolute atomic E-state index is 4.43. The van der Waals surface area contributed by atoms with E-state index in [2.05, 4.69) is 38.7 Å². The molecule has 2 aromatic rings. The van der Waals surface area contributed by atoms with Crippen molar-refractivity contribution < 1.29 is 0 Å². The van der Waals surface area contributed by atoms with Crippen LogP contribution in [-0.4, -0.2) is 24.1 Å². The minimum atomic E-state index is 0.0652. The van der Waals surface area contributed by atoms with Crippen LogP contribution in [-0.2, 0) is 7.05 Å². The highest BCUT2D eigenvalue weighted by Gasteiger charge is 2.14. The van der Waals surface area contributed by atoms with Crippen LogP contribution in [0.25, 0.3) is 0 Å². The summed E-state index contributed by atoms with van der Waals surface area (Å²) in [6, 6.07) is 0.0652. The zero-order chi connectivity index (χ0) is 12.4. The van der Waals surface area contributed by atoms with Gasteiger partial charge in [0.1, 0.15) is 12.2 Å². The molecule has 1 unspecified atom stereocenters. The number of aromatic nitrogens is 5. The van der Waals surface area contributed by atoms with Crippen LogP contribution in [0.4, 0.5) is 5.13 Å². The summed E-state index contributed by atoms with van der Waals surface area (Å²) in [6.07, 6.45) is 1.69. The van der Waals surface area contributed by atoms with Gasteiger partial charge in [0.25, 0.3) is 0 Å². The second-order valence-corrected chi connectivity index (χ2v) is 5.03. The summed E-state index contributed by atoms with van der Waals surface area (Å²) >= 11 is 1.38. The van der Waals surface area contributed by atoms with Crippen molar-refractivity contribution in [1.82, 2.24) is 24.1 Å². The molecular weight excluding hydrogens is 236 g/mol. The van der Waals surface area contributed by atoms with Gasteiger partial charge in [-0.2, -0.15) is 4.37 Å². The van der Waals surface area contributed by atoms with E-state index >= 15 is 0 Å². The Labute approximate surface area is 104 Å². The topological polar surface area (TPSA) is 68.5 Å². The van der Waals surface area contributed by atoms with Crippen molar-refractivity contribution >= 4 is 16.7 Å². The summed E-state index contributed by atoms with van der Waals surface area (Å²) in [5.74, 6) is 2.11. The highest BCUT2D eigenvalue weighted by atomic mass is 32.1. The van der Waals surface area contributed by atoms with Gasteiger partial charge in [-0.25, -0.2) is 4.98 Å². The van der Waals surface area contributed by atoms with Gasteiger partial charge < -0.3 is 9.88 Å². The Morgan fingerprint density at radius 1 is 1.35 bits per heavy atom. The van der Waals surface area contributed by atoms with Gasteiger partial charge in [0.05, 0.1) is 6.04 Å². The maximum atomic E-state index is 4.43. The van der Waals surface area contributed by atoms with Crippen molar-refractivity contribution in [2.45, 2.75) is 32.7 Å². The van der Waals surface area contributed by atoms with Gasteiger partial charge in [0, 0.05) is 24.5 Å². The van der Waals surface area contributed by atoms with E-state index < -0.39 is 0 Å². The highest BCUT2D eigenvalue weighted by Crippen LogP contribution is 2.21. The van der Waals surface area contributed by atoms with Crippen LogP contribution < -0.4 is 5.32 Å². The molecule has 0 amide bonds. The molecule has 0 saturated heterocycles. The molecule has 1 N–H and O–H groups in total. The predicted octanol–water partition coefficient (Wildman–Crippen LogP) is 1.96. The molecule has 0 aromatic carbocycles. The fourth-order valence-corrected chi connectivity index (χ4v) is 2.26. The van der Waals surface area contributed by atoms with Crippen molar-refractivity contribution in [2.75, 3.05) is 5.32 Å². The molecule has 0 aliphatic rings. The summed E-state index contributed by atoms with van der Waals surface area (Å²) in [6.45, 7) is 6.19. The lowest BCUT2D eigenvalue weighted by Gasteiger charge is -2.10. The zero-order valence-electron chi connectivity index (χ0n) is 10.4. The number of nitrogens with zero attached hydrogens (tertiary/aromatic N) is 5. The Balaban J connectivity index is 2.08. The minimum Gasteiger partial charge on any atom is -0.351 e. The molecule has 92 valence electrons. The Morgan fingerprint density at radius 2 is 2.12 bits per heavy atom. The Morgan fingerprint density at radius 3 is 2.65 bits per heavy atom. The molecule has 7 heteroatoms. The number of hydrogen-bond donors (Lipinski definition) is 1. The Hall–Kier alpha value is -1.50. The van der Waals surface area contributed by atoms with Crippen LogP contribution in [0.1, 0.15) is 44.4 Å². The first-order valence-corrected chi connectivity index (χ1v) is 6.29. The second kappa shape index (κ2) is 4.79. The van der Waals surface area contributed by atoms with Crippen molar-refractivity contribution in [3.05, 3.63) is 18.0 Å². The molecule has 0 fully saturated rings. The van der Waals surface area contributed by atoms with E-state index in [0.29, 0.717) is 5.92 Å². The smallest absolute Gasteiger partial charge is 0.203 e. The quantitative estimate of drug-likeness (QED) is 0.901. The van der Waals surface area contributed by atoms with Crippen LogP contribution in [0.3, 0.4) is 0 Å². The molecule has 0 radical (unpaired) electrons. The van der Waals surface area contributed by atoms with Crippen molar-refractivity contribution in [2.24, 2.45) is 7.05 Å². The third kappa shape index (κ3) is 2.60. The monoisotopic (exact) mass is 252 g/mol. The van der Waals surface area contributed by atoms with E-state index in [4.69, 9.17) is 0 Å². The highest BCUT2D eigenvalue weighted by molar-refractivity contribution is 7.09. The summed E-state index contributed by atoms with van der Waals surface area (Å²) in [7, 11) is 1.92. The first-order chi connectivity index (χ1) is 8.08. The van der Waals surface area contributed by atoms with E-state index in [1.165, 1.54) is 11.5 Å². The van der Waals surface area contributed by atoms with Crippen LogP contribution in [0.5, 0.6) is 0 Å². The maximum Gasteiger partial charge on any atom is 0.203 e. The first-order valence-electron chi connectivity index (χ1n) is 5.52. The van der Waals surface area contributed by atoms with Gasteiger partial charge in [-0.3, -0.25) is 0 Å². The largest absolute Gasteiger partial charge is 0.351 e. The molecule has 0 aliphatic carbocycles. The molecule has 0 aliphatic heterocycles. The standard InChI is InChI=1S/C10H16N6S/c1-6(2)8-13-10(17-15-8)12-7(3)9-14-11-5-16(9)4/h5-7H,1-4H3,(H,12,13,15). The number of nitrogens with one attached hydrogen (secondary N) is 1. The van der Waals surface area contributed by atoms with Gasteiger partial charge in [-0.1, -0.05) is 13.8 Å². The van der Waals surface area contributed by atoms with Crippen LogP contribution in [0, 0.1) is 0 Å². The summed E-state index contributed by atoms with van der Waals surface area (Å²) in [5, 5.41) is 12.0. The predicted molar refractivity (Wildman–Crippen MR) is 67.0 cm³/mol. The van der Waals surface area contributed by atoms with Crippen LogP contribution >= 0.6 is 11.5 Å². The van der Waals surface area contributed by atoms with Gasteiger partial charge in [-0.05, 0) is 6.92 Å². The summed E-state index contributed by atoms with van der Waals surface area (Å²) < 4.78 is 6.19. The first kappa shape index (κ1) is 12.0. The van der Waals surface area contributed by atoms with E-state index in [9.17, 15) is 0 Å². The number of anilines is 1. The fourth-order valence-electron chi connectivity index (χ4n) is 1.46. The second-order valence-electron chi connectivity index (χ2n) is 4.28. The lowest BCUT2D eigenvalue weighted by Crippen LogP contribution is -2.11. The average molecular weight is 252 g/mol. The molecule has 0 bridgehead atoms. The molecule has 2 aromatic heterocycles. The average Bonchev–Trinajstić information content (AvgIpc) is 2.86. The number of rotatable bonds is 4. The molecule has 2 heterocycles. The van der Waals surface area contributed by atoms with Gasteiger partial charge >= 0.3 is 0 Å². The SMILES string of the molecule is CC(C)c1nsc(NC(C)c2nncn2C)n1. The molecule has 0 saturated carbocycles. The summed E-state index contributed by atoms with van der Waals surface area (Å²) in [4.78, 5) is 4.43. The van der Waals surface area contributed by atoms with Crippen molar-refractivity contribution in [1.29, 1.82) is 0 Å². The zero-order valence-corrected chi connectivity index (χ0v) is 11.2. The van der Waals surface area contributed by atoms with Crippen LogP contribution in [0.15, 0.2) is 6.33 Å². The van der Waals surface area contributed by atoms with E-state index in [1.807, 2.05) is 18.5 Å². The Kier molecular flexibility index (Phi) is 3.37. The molecule has 17 heavy (non-hydrogen) atoms. The Bertz CT molecular complexity index is 488. The van der Waals surface area contributed by atoms with E-state index in [-0.39, 0.29) is 6.04 Å². The lowest BCUT2D eigenvalue weighted by molar-refractivity contribution is 0.716. The van der Waals surface area contributed by atoms with Gasteiger partial charge in [0.2, 0.25) is 5.13 Å². The number of aryl methyl sites for hydroxylation is 1. The minimum absolute atomic E-state index is 0.0652. The van der Waals surface area contributed by atoms with E-state index in [1.54, 1.807) is 6.33 Å². The molecule has 2 rings (SSSR count). The van der Waals surface area contributed by atoms with Crippen LogP contribution in [0.2, 0.25) is 0 Å². The van der Waals surface area contributed by atoms with Crippen molar-refractivity contribution in [3.8, 4) is 0 Å². The lowest BCUT2D eigenvalue weighted by atomic mass is 10.2. The number of hydrogen-bond acceptors (Lipinski definition) is 6. The van der Waals surface area contributed by atoms with E-state index in [0.717, 1.165) is 16.8 Å². The molecular formula is C10H16N6S. The van der Waals surface area contributed by atoms with Crippen molar-refractivity contribution in [3.63, 3.8) is 0 Å². The van der Waals surface area contributed by atoms with Gasteiger partial charge in [0.15, 0.2) is 5.82 Å². The summed E-state index contributed by atoms with van der Waals surface area (Å²) in [5.41, 5.74) is 0. The van der Waals surface area contributed by atoms with Gasteiger partial charge in [-0.15, -0.1) is 10.2 Å². The molecule has 6 nitrogen and oxygen atoms in total.